The highest BCUT2D eigenvalue weighted by atomic mass is 16.6. The molecule has 0 spiro atoms. The van der Waals surface area contributed by atoms with Gasteiger partial charge in [0.1, 0.15) is 12.4 Å². The molecule has 1 fully saturated rings. The fourth-order valence-corrected chi connectivity index (χ4v) is 3.63. The Morgan fingerprint density at radius 2 is 1.93 bits per heavy atom. The van der Waals surface area contributed by atoms with Crippen molar-refractivity contribution in [3.05, 3.63) is 39.9 Å². The molecular formula is C20H21N3O6. The van der Waals surface area contributed by atoms with Crippen molar-refractivity contribution in [2.45, 2.75) is 38.6 Å². The zero-order valence-corrected chi connectivity index (χ0v) is 15.9. The Morgan fingerprint density at radius 1 is 1.10 bits per heavy atom. The highest BCUT2D eigenvalue weighted by Gasteiger charge is 2.29. The number of hydrogen-bond acceptors (Lipinski definition) is 7. The lowest BCUT2D eigenvalue weighted by Crippen LogP contribution is -2.35. The van der Waals surface area contributed by atoms with Gasteiger partial charge in [0.05, 0.1) is 23.0 Å². The van der Waals surface area contributed by atoms with Gasteiger partial charge in [0.2, 0.25) is 0 Å². The number of fused-ring (bicyclic) bond motifs is 2. The van der Waals surface area contributed by atoms with Gasteiger partial charge < -0.3 is 9.47 Å². The van der Waals surface area contributed by atoms with Crippen LogP contribution in [-0.4, -0.2) is 52.2 Å². The number of hydrogen-bond donors (Lipinski definition) is 0. The molecule has 0 aliphatic carbocycles. The lowest BCUT2D eigenvalue weighted by Gasteiger charge is -2.16. The van der Waals surface area contributed by atoms with Crippen molar-refractivity contribution >= 4 is 28.9 Å². The number of rotatable bonds is 3. The normalized spacial score (nSPS) is 16.7. The zero-order chi connectivity index (χ0) is 20.4. The van der Waals surface area contributed by atoms with Gasteiger partial charge in [-0.2, -0.15) is 0 Å². The number of benzene rings is 1. The molecule has 2 amide bonds. The molecule has 0 N–H and O–H groups in total. The van der Waals surface area contributed by atoms with Crippen molar-refractivity contribution in [3.8, 4) is 0 Å². The number of carbonyl (C=O) groups is 3. The second kappa shape index (κ2) is 8.02. The molecule has 9 heteroatoms. The van der Waals surface area contributed by atoms with E-state index in [1.165, 1.54) is 12.1 Å². The zero-order valence-electron chi connectivity index (χ0n) is 15.9. The van der Waals surface area contributed by atoms with Gasteiger partial charge in [0, 0.05) is 13.0 Å². The van der Waals surface area contributed by atoms with E-state index in [1.807, 2.05) is 0 Å². The summed E-state index contributed by atoms with van der Waals surface area (Å²) < 4.78 is 11.4. The van der Waals surface area contributed by atoms with E-state index in [9.17, 15) is 19.2 Å². The molecule has 3 heterocycles. The number of aryl methyl sites for hydroxylation is 1. The average Bonchev–Trinajstić information content (AvgIpc) is 3.13. The van der Waals surface area contributed by atoms with Crippen molar-refractivity contribution in [2.24, 2.45) is 0 Å². The highest BCUT2D eigenvalue weighted by molar-refractivity contribution is 5.97. The maximum Gasteiger partial charge on any atom is 0.416 e. The quantitative estimate of drug-likeness (QED) is 0.722. The van der Waals surface area contributed by atoms with Crippen LogP contribution in [0.1, 0.15) is 41.9 Å². The van der Waals surface area contributed by atoms with E-state index < -0.39 is 24.6 Å². The predicted octanol–water partition coefficient (Wildman–Crippen LogP) is 1.65. The molecule has 0 unspecified atom stereocenters. The summed E-state index contributed by atoms with van der Waals surface area (Å²) in [4.78, 5) is 54.0. The van der Waals surface area contributed by atoms with E-state index in [0.29, 0.717) is 17.4 Å². The third-order valence-electron chi connectivity index (χ3n) is 5.19. The predicted molar refractivity (Wildman–Crippen MR) is 102 cm³/mol. The van der Waals surface area contributed by atoms with Gasteiger partial charge >= 0.3 is 12.1 Å². The van der Waals surface area contributed by atoms with Crippen LogP contribution in [-0.2, 0) is 27.2 Å². The minimum atomic E-state index is -0.738. The minimum Gasteiger partial charge on any atom is -0.452 e. The molecule has 0 saturated carbocycles. The van der Waals surface area contributed by atoms with Crippen LogP contribution in [0.15, 0.2) is 23.0 Å². The molecule has 4 rings (SSSR count). The lowest BCUT2D eigenvalue weighted by molar-refractivity contribution is -0.131. The fraction of sp³-hybridized carbons (Fsp3) is 0.450. The number of carbonyl (C=O) groups excluding carboxylic acids is 3. The van der Waals surface area contributed by atoms with Crippen LogP contribution in [0.3, 0.4) is 0 Å². The van der Waals surface area contributed by atoms with Crippen LogP contribution in [0.5, 0.6) is 0 Å². The Bertz CT molecular complexity index is 1040. The summed E-state index contributed by atoms with van der Waals surface area (Å²) in [6.45, 7) is 0.368. The molecule has 9 nitrogen and oxygen atoms in total. The Labute approximate surface area is 166 Å². The summed E-state index contributed by atoms with van der Waals surface area (Å²) in [6.07, 6.45) is 4.11. The van der Waals surface area contributed by atoms with E-state index in [2.05, 4.69) is 9.72 Å². The van der Waals surface area contributed by atoms with E-state index in [1.54, 1.807) is 10.6 Å². The second-order valence-electron chi connectivity index (χ2n) is 7.12. The standard InChI is InChI=1S/C20H21N3O6/c24-17(23-9-10-28-20(23)27)12-29-19(26)13-6-7-14-15(11-13)21-16-5-3-1-2-4-8-22(16)18(14)25/h6-7,11H,1-5,8-10,12H2. The van der Waals surface area contributed by atoms with Gasteiger partial charge in [-0.15, -0.1) is 0 Å². The van der Waals surface area contributed by atoms with E-state index in [0.717, 1.165) is 42.8 Å². The van der Waals surface area contributed by atoms with Crippen molar-refractivity contribution in [2.75, 3.05) is 19.8 Å². The van der Waals surface area contributed by atoms with Gasteiger partial charge in [-0.05, 0) is 31.0 Å². The van der Waals surface area contributed by atoms with Gasteiger partial charge in [0.15, 0.2) is 6.61 Å². The van der Waals surface area contributed by atoms with Crippen LogP contribution in [0.4, 0.5) is 4.79 Å². The van der Waals surface area contributed by atoms with Gasteiger partial charge in [-0.25, -0.2) is 19.5 Å². The van der Waals surface area contributed by atoms with Crippen molar-refractivity contribution in [1.82, 2.24) is 14.5 Å². The van der Waals surface area contributed by atoms with Crippen LogP contribution < -0.4 is 5.56 Å². The summed E-state index contributed by atoms with van der Waals surface area (Å²) in [5.74, 6) is -0.628. The number of aromatic nitrogens is 2. The van der Waals surface area contributed by atoms with E-state index >= 15 is 0 Å². The van der Waals surface area contributed by atoms with Crippen LogP contribution in [0.25, 0.3) is 10.9 Å². The number of ether oxygens (including phenoxy) is 2. The van der Waals surface area contributed by atoms with Crippen molar-refractivity contribution in [1.29, 1.82) is 0 Å². The first-order valence-corrected chi connectivity index (χ1v) is 9.72. The van der Waals surface area contributed by atoms with Gasteiger partial charge in [0.25, 0.3) is 11.5 Å². The molecule has 0 radical (unpaired) electrons. The Balaban J connectivity index is 1.54. The number of cyclic esters (lactones) is 1. The number of amides is 2. The highest BCUT2D eigenvalue weighted by Crippen LogP contribution is 2.17. The monoisotopic (exact) mass is 399 g/mol. The van der Waals surface area contributed by atoms with E-state index in [-0.39, 0.29) is 24.3 Å². The van der Waals surface area contributed by atoms with Gasteiger partial charge in [-0.3, -0.25) is 14.2 Å². The molecule has 0 atom stereocenters. The summed E-state index contributed by atoms with van der Waals surface area (Å²) in [5, 5.41) is 0.446. The minimum absolute atomic E-state index is 0.102. The van der Waals surface area contributed by atoms with Crippen molar-refractivity contribution in [3.63, 3.8) is 0 Å². The van der Waals surface area contributed by atoms with Crippen LogP contribution in [0.2, 0.25) is 0 Å². The molecule has 1 aromatic carbocycles. The first-order chi connectivity index (χ1) is 14.0. The topological polar surface area (TPSA) is 108 Å². The Morgan fingerprint density at radius 3 is 2.72 bits per heavy atom. The Hall–Kier alpha value is -3.23. The molecule has 2 aliphatic rings. The SMILES string of the molecule is O=C(OCC(=O)N1CCOC1=O)c1ccc2c(=O)n3c(nc2c1)CCCCCC3. The van der Waals surface area contributed by atoms with E-state index in [4.69, 9.17) is 4.74 Å². The third kappa shape index (κ3) is 3.85. The largest absolute Gasteiger partial charge is 0.452 e. The number of nitrogens with zero attached hydrogens (tertiary/aromatic N) is 3. The first-order valence-electron chi connectivity index (χ1n) is 9.72. The maximum absolute atomic E-state index is 12.8. The molecule has 0 bridgehead atoms. The molecule has 1 saturated heterocycles. The van der Waals surface area contributed by atoms with Crippen LogP contribution in [0, 0.1) is 0 Å². The summed E-state index contributed by atoms with van der Waals surface area (Å²) in [7, 11) is 0. The summed E-state index contributed by atoms with van der Waals surface area (Å²) in [6, 6.07) is 4.55. The number of esters is 1. The van der Waals surface area contributed by atoms with Crippen LogP contribution >= 0.6 is 0 Å². The summed E-state index contributed by atoms with van der Waals surface area (Å²) in [5.41, 5.74) is 0.525. The molecule has 1 aromatic heterocycles. The fourth-order valence-electron chi connectivity index (χ4n) is 3.63. The molecule has 29 heavy (non-hydrogen) atoms. The average molecular weight is 399 g/mol. The number of imide groups is 1. The smallest absolute Gasteiger partial charge is 0.416 e. The lowest BCUT2D eigenvalue weighted by atomic mass is 10.1. The summed E-state index contributed by atoms with van der Waals surface area (Å²) >= 11 is 0. The molecule has 2 aliphatic heterocycles. The first kappa shape index (κ1) is 19.1. The van der Waals surface area contributed by atoms with Gasteiger partial charge in [-0.1, -0.05) is 12.8 Å². The Kier molecular flexibility index (Phi) is 5.28. The third-order valence-corrected chi connectivity index (χ3v) is 5.19. The maximum atomic E-state index is 12.8. The molecule has 152 valence electrons. The van der Waals surface area contributed by atoms with Crippen molar-refractivity contribution < 1.29 is 23.9 Å². The molecular weight excluding hydrogens is 378 g/mol. The molecule has 2 aromatic rings. The second-order valence-corrected chi connectivity index (χ2v) is 7.12.